The second-order valence-corrected chi connectivity index (χ2v) is 5.02. The second-order valence-electron chi connectivity index (χ2n) is 5.02. The van der Waals surface area contributed by atoms with E-state index in [0.29, 0.717) is 6.04 Å². The van der Waals surface area contributed by atoms with Crippen LogP contribution in [-0.4, -0.2) is 31.2 Å². The Kier molecular flexibility index (Phi) is 2.92. The molecule has 1 fully saturated rings. The number of pyridine rings is 1. The Bertz CT molecular complexity index is 565. The summed E-state index contributed by atoms with van der Waals surface area (Å²) >= 11 is 0. The summed E-state index contributed by atoms with van der Waals surface area (Å²) in [6, 6.07) is 11.3. The van der Waals surface area contributed by atoms with Gasteiger partial charge in [-0.25, -0.2) is 0 Å². The number of anilines is 1. The summed E-state index contributed by atoms with van der Waals surface area (Å²) in [5.41, 5.74) is 3.49. The van der Waals surface area contributed by atoms with Crippen LogP contribution in [0.2, 0.25) is 0 Å². The van der Waals surface area contributed by atoms with E-state index in [-0.39, 0.29) is 0 Å². The van der Waals surface area contributed by atoms with E-state index in [9.17, 15) is 0 Å². The molecule has 1 saturated heterocycles. The molecule has 1 unspecified atom stereocenters. The number of aromatic nitrogens is 1. The molecule has 0 aliphatic carbocycles. The van der Waals surface area contributed by atoms with Crippen LogP contribution in [0.3, 0.4) is 0 Å². The number of aryl methyl sites for hydroxylation is 1. The molecule has 1 aliphatic rings. The van der Waals surface area contributed by atoms with E-state index in [1.807, 2.05) is 7.05 Å². The van der Waals surface area contributed by atoms with Crippen molar-refractivity contribution in [2.75, 3.05) is 25.0 Å². The average molecular weight is 241 g/mol. The number of nitrogens with zero attached hydrogens (tertiary/aromatic N) is 2. The Morgan fingerprint density at radius 2 is 2.17 bits per heavy atom. The van der Waals surface area contributed by atoms with Gasteiger partial charge in [0.25, 0.3) is 0 Å². The fourth-order valence-corrected chi connectivity index (χ4v) is 2.70. The molecule has 2 aromatic rings. The summed E-state index contributed by atoms with van der Waals surface area (Å²) in [6.45, 7) is 4.24. The third kappa shape index (κ3) is 1.95. The third-order valence-corrected chi connectivity index (χ3v) is 3.78. The van der Waals surface area contributed by atoms with Crippen molar-refractivity contribution in [3.05, 3.63) is 36.0 Å². The zero-order valence-electron chi connectivity index (χ0n) is 11.0. The number of para-hydroxylation sites is 1. The van der Waals surface area contributed by atoms with Crippen LogP contribution >= 0.6 is 0 Å². The highest BCUT2D eigenvalue weighted by Crippen LogP contribution is 2.28. The predicted octanol–water partition coefficient (Wildman–Crippen LogP) is 2.34. The van der Waals surface area contributed by atoms with Gasteiger partial charge in [-0.15, -0.1) is 0 Å². The maximum atomic E-state index is 4.71. The van der Waals surface area contributed by atoms with E-state index in [1.54, 1.807) is 0 Å². The van der Waals surface area contributed by atoms with Gasteiger partial charge in [-0.1, -0.05) is 18.2 Å². The highest BCUT2D eigenvalue weighted by atomic mass is 15.2. The fraction of sp³-hybridized carbons (Fsp3) is 0.400. The van der Waals surface area contributed by atoms with Gasteiger partial charge in [0.2, 0.25) is 0 Å². The lowest BCUT2D eigenvalue weighted by atomic mass is 10.1. The van der Waals surface area contributed by atoms with Crippen LogP contribution in [0.5, 0.6) is 0 Å². The zero-order valence-corrected chi connectivity index (χ0v) is 11.0. The first-order chi connectivity index (χ1) is 8.78. The lowest BCUT2D eigenvalue weighted by Crippen LogP contribution is -2.29. The standard InChI is InChI=1S/C15H19N3/c1-11-6-7-12-4-3-5-14(15(12)17-11)18-9-8-13(10-18)16-2/h3-7,13,16H,8-10H2,1-2H3. The first-order valence-corrected chi connectivity index (χ1v) is 6.56. The molecular weight excluding hydrogens is 222 g/mol. The van der Waals surface area contributed by atoms with Gasteiger partial charge in [0.15, 0.2) is 0 Å². The van der Waals surface area contributed by atoms with Gasteiger partial charge in [0, 0.05) is 30.2 Å². The molecular formula is C15H19N3. The number of benzene rings is 1. The zero-order chi connectivity index (χ0) is 12.5. The maximum absolute atomic E-state index is 4.71. The first-order valence-electron chi connectivity index (χ1n) is 6.56. The van der Waals surface area contributed by atoms with Gasteiger partial charge < -0.3 is 10.2 Å². The van der Waals surface area contributed by atoms with Crippen LogP contribution in [0.25, 0.3) is 10.9 Å². The Balaban J connectivity index is 2.04. The summed E-state index contributed by atoms with van der Waals surface area (Å²) in [4.78, 5) is 7.15. The minimum atomic E-state index is 0.602. The lowest BCUT2D eigenvalue weighted by molar-refractivity contribution is 0.617. The van der Waals surface area contributed by atoms with E-state index in [0.717, 1.165) is 24.3 Å². The minimum Gasteiger partial charge on any atom is -0.368 e. The smallest absolute Gasteiger partial charge is 0.0938 e. The molecule has 0 spiro atoms. The Morgan fingerprint density at radius 3 is 2.94 bits per heavy atom. The Morgan fingerprint density at radius 1 is 1.28 bits per heavy atom. The van der Waals surface area contributed by atoms with Crippen molar-refractivity contribution < 1.29 is 0 Å². The van der Waals surface area contributed by atoms with E-state index >= 15 is 0 Å². The van der Waals surface area contributed by atoms with Crippen LogP contribution in [0.1, 0.15) is 12.1 Å². The van der Waals surface area contributed by atoms with Gasteiger partial charge in [-0.2, -0.15) is 0 Å². The number of likely N-dealkylation sites (N-methyl/N-ethyl adjacent to an activating group) is 1. The highest BCUT2D eigenvalue weighted by molar-refractivity contribution is 5.91. The number of hydrogen-bond donors (Lipinski definition) is 1. The summed E-state index contributed by atoms with van der Waals surface area (Å²) in [5.74, 6) is 0. The van der Waals surface area contributed by atoms with Gasteiger partial charge in [-0.3, -0.25) is 4.98 Å². The van der Waals surface area contributed by atoms with E-state index in [1.165, 1.54) is 17.5 Å². The topological polar surface area (TPSA) is 28.2 Å². The predicted molar refractivity (Wildman–Crippen MR) is 76.2 cm³/mol. The summed E-state index contributed by atoms with van der Waals surface area (Å²) in [5, 5.41) is 4.59. The molecule has 1 aromatic heterocycles. The summed E-state index contributed by atoms with van der Waals surface area (Å²) in [7, 11) is 2.04. The second kappa shape index (κ2) is 4.58. The molecule has 3 heteroatoms. The summed E-state index contributed by atoms with van der Waals surface area (Å²) in [6.07, 6.45) is 1.21. The molecule has 0 radical (unpaired) electrons. The van der Waals surface area contributed by atoms with Crippen molar-refractivity contribution in [2.45, 2.75) is 19.4 Å². The van der Waals surface area contributed by atoms with Crippen molar-refractivity contribution >= 4 is 16.6 Å². The molecule has 1 aromatic carbocycles. The van der Waals surface area contributed by atoms with Crippen LogP contribution in [0, 0.1) is 6.92 Å². The van der Waals surface area contributed by atoms with Crippen LogP contribution in [-0.2, 0) is 0 Å². The maximum Gasteiger partial charge on any atom is 0.0938 e. The number of nitrogens with one attached hydrogen (secondary N) is 1. The number of rotatable bonds is 2. The van der Waals surface area contributed by atoms with Gasteiger partial charge in [-0.05, 0) is 32.5 Å². The van der Waals surface area contributed by atoms with Crippen LogP contribution in [0.4, 0.5) is 5.69 Å². The molecule has 94 valence electrons. The first kappa shape index (κ1) is 11.5. The number of fused-ring (bicyclic) bond motifs is 1. The van der Waals surface area contributed by atoms with Crippen LogP contribution < -0.4 is 10.2 Å². The van der Waals surface area contributed by atoms with E-state index in [4.69, 9.17) is 4.98 Å². The normalized spacial score (nSPS) is 19.7. The van der Waals surface area contributed by atoms with E-state index in [2.05, 4.69) is 47.5 Å². The summed E-state index contributed by atoms with van der Waals surface area (Å²) < 4.78 is 0. The van der Waals surface area contributed by atoms with Crippen molar-refractivity contribution in [1.29, 1.82) is 0 Å². The van der Waals surface area contributed by atoms with Gasteiger partial charge in [0.1, 0.15) is 0 Å². The van der Waals surface area contributed by atoms with Crippen molar-refractivity contribution in [3.63, 3.8) is 0 Å². The molecule has 0 saturated carbocycles. The largest absolute Gasteiger partial charge is 0.368 e. The quantitative estimate of drug-likeness (QED) is 0.874. The highest BCUT2D eigenvalue weighted by Gasteiger charge is 2.22. The molecule has 1 atom stereocenters. The molecule has 1 aliphatic heterocycles. The third-order valence-electron chi connectivity index (χ3n) is 3.78. The number of hydrogen-bond acceptors (Lipinski definition) is 3. The molecule has 3 rings (SSSR count). The van der Waals surface area contributed by atoms with Gasteiger partial charge >= 0.3 is 0 Å². The Hall–Kier alpha value is -1.61. The Labute approximate surface area is 108 Å². The van der Waals surface area contributed by atoms with E-state index < -0.39 is 0 Å². The van der Waals surface area contributed by atoms with Crippen molar-refractivity contribution in [3.8, 4) is 0 Å². The molecule has 3 nitrogen and oxygen atoms in total. The monoisotopic (exact) mass is 241 g/mol. The molecule has 18 heavy (non-hydrogen) atoms. The van der Waals surface area contributed by atoms with Crippen molar-refractivity contribution in [1.82, 2.24) is 10.3 Å². The lowest BCUT2D eigenvalue weighted by Gasteiger charge is -2.20. The SMILES string of the molecule is CNC1CCN(c2cccc3ccc(C)nc23)C1. The minimum absolute atomic E-state index is 0.602. The fourth-order valence-electron chi connectivity index (χ4n) is 2.70. The molecule has 2 heterocycles. The average Bonchev–Trinajstić information content (AvgIpc) is 2.86. The van der Waals surface area contributed by atoms with Gasteiger partial charge in [0.05, 0.1) is 11.2 Å². The van der Waals surface area contributed by atoms with Crippen molar-refractivity contribution in [2.24, 2.45) is 0 Å². The molecule has 1 N–H and O–H groups in total. The molecule has 0 bridgehead atoms. The van der Waals surface area contributed by atoms with Crippen LogP contribution in [0.15, 0.2) is 30.3 Å². The molecule has 0 amide bonds.